The average Bonchev–Trinajstić information content (AvgIpc) is 2.42. The van der Waals surface area contributed by atoms with Crippen molar-refractivity contribution >= 4 is 5.97 Å². The Bertz CT molecular complexity index is 286. The molecule has 1 aliphatic heterocycles. The van der Waals surface area contributed by atoms with Gasteiger partial charge < -0.3 is 10.0 Å². The minimum atomic E-state index is -0.697. The highest BCUT2D eigenvalue weighted by Gasteiger charge is 2.26. The third kappa shape index (κ3) is 5.80. The van der Waals surface area contributed by atoms with E-state index in [2.05, 4.69) is 30.6 Å². The van der Waals surface area contributed by atoms with Gasteiger partial charge in [-0.05, 0) is 64.2 Å². The first-order chi connectivity index (χ1) is 9.43. The van der Waals surface area contributed by atoms with Gasteiger partial charge in [-0.1, -0.05) is 20.8 Å². The maximum Gasteiger partial charge on any atom is 0.320 e. The summed E-state index contributed by atoms with van der Waals surface area (Å²) in [5, 5.41) is 9.04. The first kappa shape index (κ1) is 17.4. The zero-order chi connectivity index (χ0) is 15.1. The van der Waals surface area contributed by atoms with Crippen LogP contribution in [0.15, 0.2) is 0 Å². The quantitative estimate of drug-likeness (QED) is 0.744. The first-order valence-corrected chi connectivity index (χ1v) is 8.13. The Labute approximate surface area is 124 Å². The topological polar surface area (TPSA) is 43.8 Å². The second kappa shape index (κ2) is 8.63. The number of aliphatic carboxylic acids is 1. The Morgan fingerprint density at radius 3 is 2.35 bits per heavy atom. The van der Waals surface area contributed by atoms with Gasteiger partial charge in [-0.3, -0.25) is 9.69 Å². The highest BCUT2D eigenvalue weighted by molar-refractivity contribution is 5.72. The van der Waals surface area contributed by atoms with E-state index in [1.54, 1.807) is 6.92 Å². The zero-order valence-corrected chi connectivity index (χ0v) is 13.6. The number of hydrogen-bond donors (Lipinski definition) is 1. The summed E-state index contributed by atoms with van der Waals surface area (Å²) in [5.41, 5.74) is 0. The lowest BCUT2D eigenvalue weighted by Crippen LogP contribution is -2.44. The van der Waals surface area contributed by atoms with E-state index >= 15 is 0 Å². The molecule has 0 radical (unpaired) electrons. The maximum absolute atomic E-state index is 11.0. The maximum atomic E-state index is 11.0. The van der Waals surface area contributed by atoms with Gasteiger partial charge in [0.1, 0.15) is 6.04 Å². The number of nitrogens with zero attached hydrogens (tertiary/aromatic N) is 2. The summed E-state index contributed by atoms with van der Waals surface area (Å²) in [4.78, 5) is 15.6. The van der Waals surface area contributed by atoms with E-state index in [9.17, 15) is 4.79 Å². The SMILES string of the molecule is CCN(CCC1CCN(C(C)C(=O)O)CC1)CC(C)C. The predicted molar refractivity (Wildman–Crippen MR) is 83.0 cm³/mol. The fourth-order valence-corrected chi connectivity index (χ4v) is 3.05. The molecule has 0 aliphatic carbocycles. The molecule has 1 atom stereocenters. The number of likely N-dealkylation sites (tertiary alicyclic amines) is 1. The van der Waals surface area contributed by atoms with Crippen LogP contribution in [0, 0.1) is 11.8 Å². The summed E-state index contributed by atoms with van der Waals surface area (Å²) < 4.78 is 0. The smallest absolute Gasteiger partial charge is 0.320 e. The van der Waals surface area contributed by atoms with Gasteiger partial charge in [0, 0.05) is 6.54 Å². The van der Waals surface area contributed by atoms with E-state index in [4.69, 9.17) is 5.11 Å². The number of carboxylic acid groups (broad SMARTS) is 1. The first-order valence-electron chi connectivity index (χ1n) is 8.13. The molecular formula is C16H32N2O2. The van der Waals surface area contributed by atoms with Crippen LogP contribution in [-0.4, -0.2) is 59.6 Å². The number of hydrogen-bond acceptors (Lipinski definition) is 3. The van der Waals surface area contributed by atoms with E-state index in [0.29, 0.717) is 0 Å². The fourth-order valence-electron chi connectivity index (χ4n) is 3.05. The van der Waals surface area contributed by atoms with Crippen molar-refractivity contribution in [2.75, 3.05) is 32.7 Å². The predicted octanol–water partition coefficient (Wildman–Crippen LogP) is 2.54. The molecule has 20 heavy (non-hydrogen) atoms. The molecule has 1 aliphatic rings. The lowest BCUT2D eigenvalue weighted by Gasteiger charge is -2.35. The molecule has 0 spiro atoms. The Morgan fingerprint density at radius 1 is 1.30 bits per heavy atom. The minimum Gasteiger partial charge on any atom is -0.480 e. The molecule has 1 N–H and O–H groups in total. The highest BCUT2D eigenvalue weighted by Crippen LogP contribution is 2.22. The van der Waals surface area contributed by atoms with Gasteiger partial charge in [0.15, 0.2) is 0 Å². The molecule has 1 rings (SSSR count). The van der Waals surface area contributed by atoms with Crippen molar-refractivity contribution in [3.63, 3.8) is 0 Å². The summed E-state index contributed by atoms with van der Waals surface area (Å²) in [6, 6.07) is -0.330. The lowest BCUT2D eigenvalue weighted by atomic mass is 9.92. The Balaban J connectivity index is 2.26. The van der Waals surface area contributed by atoms with E-state index < -0.39 is 5.97 Å². The molecule has 0 amide bonds. The van der Waals surface area contributed by atoms with E-state index in [0.717, 1.165) is 44.3 Å². The van der Waals surface area contributed by atoms with Crippen molar-refractivity contribution in [2.45, 2.75) is 53.0 Å². The summed E-state index contributed by atoms with van der Waals surface area (Å²) in [6.45, 7) is 14.0. The van der Waals surface area contributed by atoms with Gasteiger partial charge in [0.25, 0.3) is 0 Å². The van der Waals surface area contributed by atoms with Crippen LogP contribution < -0.4 is 0 Å². The van der Waals surface area contributed by atoms with Crippen molar-refractivity contribution in [3.05, 3.63) is 0 Å². The molecular weight excluding hydrogens is 252 g/mol. The van der Waals surface area contributed by atoms with Crippen molar-refractivity contribution in [3.8, 4) is 0 Å². The minimum absolute atomic E-state index is 0.330. The molecule has 4 nitrogen and oxygen atoms in total. The zero-order valence-electron chi connectivity index (χ0n) is 13.6. The van der Waals surface area contributed by atoms with Gasteiger partial charge in [-0.25, -0.2) is 0 Å². The summed E-state index contributed by atoms with van der Waals surface area (Å²) in [5.74, 6) is 0.805. The number of rotatable bonds is 8. The van der Waals surface area contributed by atoms with Crippen molar-refractivity contribution in [1.82, 2.24) is 9.80 Å². The number of carboxylic acids is 1. The third-order valence-electron chi connectivity index (χ3n) is 4.48. The summed E-state index contributed by atoms with van der Waals surface area (Å²) in [6.07, 6.45) is 3.56. The number of carbonyl (C=O) groups is 1. The van der Waals surface area contributed by atoms with Crippen molar-refractivity contribution in [1.29, 1.82) is 0 Å². The van der Waals surface area contributed by atoms with Crippen LogP contribution in [0.4, 0.5) is 0 Å². The highest BCUT2D eigenvalue weighted by atomic mass is 16.4. The molecule has 0 bridgehead atoms. The molecule has 0 aromatic carbocycles. The van der Waals surface area contributed by atoms with E-state index in [-0.39, 0.29) is 6.04 Å². The van der Waals surface area contributed by atoms with Crippen LogP contribution in [-0.2, 0) is 4.79 Å². The second-order valence-corrected chi connectivity index (χ2v) is 6.57. The molecule has 0 saturated carbocycles. The summed E-state index contributed by atoms with van der Waals surface area (Å²) >= 11 is 0. The van der Waals surface area contributed by atoms with Crippen LogP contribution in [0.1, 0.15) is 47.0 Å². The molecule has 118 valence electrons. The molecule has 1 heterocycles. The van der Waals surface area contributed by atoms with Crippen LogP contribution in [0.2, 0.25) is 0 Å². The van der Waals surface area contributed by atoms with Gasteiger partial charge >= 0.3 is 5.97 Å². The standard InChI is InChI=1S/C16H32N2O2/c1-5-17(12-13(2)3)9-6-15-7-10-18(11-8-15)14(4)16(19)20/h13-15H,5-12H2,1-4H3,(H,19,20). The third-order valence-corrected chi connectivity index (χ3v) is 4.48. The van der Waals surface area contributed by atoms with Crippen LogP contribution in [0.5, 0.6) is 0 Å². The second-order valence-electron chi connectivity index (χ2n) is 6.57. The molecule has 4 heteroatoms. The van der Waals surface area contributed by atoms with E-state index in [1.807, 2.05) is 0 Å². The monoisotopic (exact) mass is 284 g/mol. The average molecular weight is 284 g/mol. The molecule has 1 fully saturated rings. The molecule has 0 aromatic heterocycles. The van der Waals surface area contributed by atoms with Gasteiger partial charge in [0.05, 0.1) is 0 Å². The Morgan fingerprint density at radius 2 is 1.90 bits per heavy atom. The number of piperidine rings is 1. The molecule has 1 saturated heterocycles. The normalized spacial score (nSPS) is 19.7. The van der Waals surface area contributed by atoms with Crippen molar-refractivity contribution in [2.24, 2.45) is 11.8 Å². The Hall–Kier alpha value is -0.610. The Kier molecular flexibility index (Phi) is 7.52. The van der Waals surface area contributed by atoms with Gasteiger partial charge in [-0.15, -0.1) is 0 Å². The molecule has 0 aromatic rings. The van der Waals surface area contributed by atoms with Crippen LogP contribution >= 0.6 is 0 Å². The van der Waals surface area contributed by atoms with E-state index in [1.165, 1.54) is 19.5 Å². The largest absolute Gasteiger partial charge is 0.480 e. The summed E-state index contributed by atoms with van der Waals surface area (Å²) in [7, 11) is 0. The van der Waals surface area contributed by atoms with Gasteiger partial charge in [-0.2, -0.15) is 0 Å². The fraction of sp³-hybridized carbons (Fsp3) is 0.938. The molecule has 1 unspecified atom stereocenters. The van der Waals surface area contributed by atoms with Gasteiger partial charge in [0.2, 0.25) is 0 Å². The lowest BCUT2D eigenvalue weighted by molar-refractivity contribution is -0.143. The van der Waals surface area contributed by atoms with Crippen molar-refractivity contribution < 1.29 is 9.90 Å². The van der Waals surface area contributed by atoms with Crippen LogP contribution in [0.3, 0.4) is 0 Å². The van der Waals surface area contributed by atoms with Crippen LogP contribution in [0.25, 0.3) is 0 Å².